The second kappa shape index (κ2) is 24.5. The third-order valence-electron chi connectivity index (χ3n) is 22.1. The Morgan fingerprint density at radius 2 is 0.463 bits per heavy atom. The molecule has 0 aliphatic carbocycles. The predicted octanol–water partition coefficient (Wildman–Crippen LogP) is 25.8. The Morgan fingerprint density at radius 3 is 0.861 bits per heavy atom. The summed E-state index contributed by atoms with van der Waals surface area (Å²) < 4.78 is 9.43. The Labute approximate surface area is 619 Å². The highest BCUT2D eigenvalue weighted by Crippen LogP contribution is 2.46. The summed E-state index contributed by atoms with van der Waals surface area (Å²) in [7, 11) is 0. The largest absolute Gasteiger partial charge is 0.309 e. The lowest BCUT2D eigenvalue weighted by atomic mass is 9.99. The minimum absolute atomic E-state index is 0.638. The minimum atomic E-state index is 0.638. The van der Waals surface area contributed by atoms with E-state index in [-0.39, 0.29) is 0 Å². The van der Waals surface area contributed by atoms with Crippen LogP contribution in [0.5, 0.6) is 0 Å². The molecule has 0 saturated heterocycles. The van der Waals surface area contributed by atoms with E-state index in [1.165, 1.54) is 70.0 Å². The van der Waals surface area contributed by atoms with E-state index in [0.717, 1.165) is 127 Å². The molecule has 0 aliphatic heterocycles. The van der Waals surface area contributed by atoms with Crippen LogP contribution >= 0.6 is 0 Å². The molecule has 0 aliphatic rings. The van der Waals surface area contributed by atoms with Gasteiger partial charge in [-0.15, -0.1) is 0 Å². The van der Waals surface area contributed by atoms with Crippen molar-refractivity contribution in [2.24, 2.45) is 0 Å². The lowest BCUT2D eigenvalue weighted by Crippen LogP contribution is -2.04. The molecule has 23 rings (SSSR count). The number of para-hydroxylation sites is 5. The zero-order chi connectivity index (χ0) is 70.9. The Morgan fingerprint density at radius 1 is 0.176 bits per heavy atom. The standard InChI is InChI=1S/C52H32N4.C48H30N4/c1-4-20-36-33(14-1)17-11-25-39(36)44-32-45(40-26-12-18-34-15-2-5-21-37(34)40)54-52(53-44)56-47-27-9-7-23-41(47)42-30-31-49-50(51(42)56)43-24-8-10-28-48(43)55(49)46-29-13-19-35-16-3-6-22-38(35)46;1-2-18-33(19-3-1)51-44-27-11-9-23-40(44)46-45(51)29-28-39-38-22-8-10-26-43(38)52(47(39)46)48-49-41(36-24-12-16-31-14-4-6-20-34(31)36)30-42(50-48)37-25-13-17-32-15-5-7-21-35(32)37/h1-32H;1-30H. The van der Waals surface area contributed by atoms with E-state index in [9.17, 15) is 0 Å². The van der Waals surface area contributed by atoms with Crippen LogP contribution in [0.15, 0.2) is 376 Å². The quantitative estimate of drug-likeness (QED) is 0.152. The van der Waals surface area contributed by atoms with Gasteiger partial charge in [0.1, 0.15) is 0 Å². The molecule has 0 spiro atoms. The molecule has 0 atom stereocenters. The molecule has 502 valence electrons. The minimum Gasteiger partial charge on any atom is -0.309 e. The molecular formula is C100H62N8. The number of rotatable bonds is 8. The van der Waals surface area contributed by atoms with Crippen LogP contribution < -0.4 is 0 Å². The van der Waals surface area contributed by atoms with Crippen LogP contribution in [0.25, 0.3) is 209 Å². The van der Waals surface area contributed by atoms with Gasteiger partial charge < -0.3 is 9.13 Å². The molecule has 6 heterocycles. The van der Waals surface area contributed by atoms with Gasteiger partial charge in [-0.1, -0.05) is 309 Å². The second-order valence-corrected chi connectivity index (χ2v) is 27.9. The van der Waals surface area contributed by atoms with Crippen LogP contribution in [0.4, 0.5) is 0 Å². The average Bonchev–Trinajstić information content (AvgIpc) is 1.55. The smallest absolute Gasteiger partial charge is 0.235 e. The van der Waals surface area contributed by atoms with E-state index in [1.54, 1.807) is 0 Å². The van der Waals surface area contributed by atoms with Crippen LogP contribution in [0.2, 0.25) is 0 Å². The highest BCUT2D eigenvalue weighted by molar-refractivity contribution is 6.28. The molecule has 0 fully saturated rings. The van der Waals surface area contributed by atoms with E-state index < -0.39 is 0 Å². The van der Waals surface area contributed by atoms with Crippen LogP contribution in [0.1, 0.15) is 0 Å². The summed E-state index contributed by atoms with van der Waals surface area (Å²) in [5.74, 6) is 1.28. The van der Waals surface area contributed by atoms with Gasteiger partial charge >= 0.3 is 0 Å². The zero-order valence-electron chi connectivity index (χ0n) is 58.4. The van der Waals surface area contributed by atoms with E-state index in [1.807, 2.05) is 0 Å². The van der Waals surface area contributed by atoms with Gasteiger partial charge in [-0.3, -0.25) is 9.13 Å². The van der Waals surface area contributed by atoms with Gasteiger partial charge in [0.05, 0.1) is 72.6 Å². The molecule has 17 aromatic carbocycles. The van der Waals surface area contributed by atoms with Crippen molar-refractivity contribution < 1.29 is 0 Å². The van der Waals surface area contributed by atoms with Crippen molar-refractivity contribution in [2.45, 2.75) is 0 Å². The first-order valence-corrected chi connectivity index (χ1v) is 36.8. The van der Waals surface area contributed by atoms with Gasteiger partial charge in [0.25, 0.3) is 0 Å². The predicted molar refractivity (Wildman–Crippen MR) is 451 cm³/mol. The van der Waals surface area contributed by atoms with Crippen molar-refractivity contribution >= 4 is 141 Å². The van der Waals surface area contributed by atoms with Crippen molar-refractivity contribution in [1.29, 1.82) is 0 Å². The maximum atomic E-state index is 5.54. The van der Waals surface area contributed by atoms with Crippen LogP contribution in [0.3, 0.4) is 0 Å². The highest BCUT2D eigenvalue weighted by atomic mass is 15.2. The lowest BCUT2D eigenvalue weighted by molar-refractivity contribution is 0.999. The van der Waals surface area contributed by atoms with E-state index >= 15 is 0 Å². The molecule has 0 saturated carbocycles. The van der Waals surface area contributed by atoms with Gasteiger partial charge in [-0.2, -0.15) is 0 Å². The van der Waals surface area contributed by atoms with Gasteiger partial charge in [0.15, 0.2) is 0 Å². The molecule has 108 heavy (non-hydrogen) atoms. The number of benzene rings is 17. The van der Waals surface area contributed by atoms with E-state index in [4.69, 9.17) is 19.9 Å². The molecule has 0 amide bonds. The Balaban J connectivity index is 0.000000134. The van der Waals surface area contributed by atoms with Gasteiger partial charge in [0, 0.05) is 76.4 Å². The number of nitrogens with zero attached hydrogens (tertiary/aromatic N) is 8. The Kier molecular flexibility index (Phi) is 13.8. The molecular weight excluding hydrogens is 1310 g/mol. The summed E-state index contributed by atoms with van der Waals surface area (Å²) in [6.07, 6.45) is 0. The summed E-state index contributed by atoms with van der Waals surface area (Å²) in [4.78, 5) is 22.1. The molecule has 0 bridgehead atoms. The number of fused-ring (bicyclic) bond motifs is 19. The molecule has 23 aromatic rings. The molecule has 8 heteroatoms. The zero-order valence-corrected chi connectivity index (χ0v) is 58.4. The number of hydrogen-bond acceptors (Lipinski definition) is 4. The first kappa shape index (κ1) is 60.9. The SMILES string of the molecule is c1ccc(-n2c3ccccc3c3c2ccc2c4ccccc4n(-c4nc(-c5cccc6ccccc56)cc(-c5cccc6ccccc56)n4)c23)cc1.c1ccc2c(-c3cc(-c4cccc5ccccc45)nc(-n4c5ccccc5c5ccc6c(c7ccccc7n6-c6cccc7ccccc67)c54)n3)cccc2c1. The normalized spacial score (nSPS) is 11.9. The fourth-order valence-corrected chi connectivity index (χ4v) is 17.4. The van der Waals surface area contributed by atoms with Crippen molar-refractivity contribution in [1.82, 2.24) is 38.2 Å². The number of aromatic nitrogens is 8. The van der Waals surface area contributed by atoms with Gasteiger partial charge in [-0.05, 0) is 115 Å². The van der Waals surface area contributed by atoms with Crippen LogP contribution in [-0.4, -0.2) is 38.2 Å². The first-order chi connectivity index (χ1) is 53.6. The van der Waals surface area contributed by atoms with Crippen molar-refractivity contribution in [3.8, 4) is 68.3 Å². The summed E-state index contributed by atoms with van der Waals surface area (Å²) in [6, 6.07) is 134. The van der Waals surface area contributed by atoms with Crippen molar-refractivity contribution in [2.75, 3.05) is 0 Å². The summed E-state index contributed by atoms with van der Waals surface area (Å²) in [6.45, 7) is 0. The molecule has 8 nitrogen and oxygen atoms in total. The summed E-state index contributed by atoms with van der Waals surface area (Å²) >= 11 is 0. The molecule has 6 aromatic heterocycles. The molecule has 0 N–H and O–H groups in total. The molecule has 0 radical (unpaired) electrons. The maximum absolute atomic E-state index is 5.54. The third kappa shape index (κ3) is 9.50. The van der Waals surface area contributed by atoms with E-state index in [2.05, 4.69) is 394 Å². The van der Waals surface area contributed by atoms with Gasteiger partial charge in [-0.25, -0.2) is 19.9 Å². The first-order valence-electron chi connectivity index (χ1n) is 36.8. The Bertz CT molecular complexity index is 7420. The fraction of sp³-hybridized carbons (Fsp3) is 0. The topological polar surface area (TPSA) is 71.3 Å². The fourth-order valence-electron chi connectivity index (χ4n) is 17.4. The third-order valence-corrected chi connectivity index (χ3v) is 22.1. The Hall–Kier alpha value is -14.6. The van der Waals surface area contributed by atoms with Crippen molar-refractivity contribution in [3.63, 3.8) is 0 Å². The van der Waals surface area contributed by atoms with E-state index in [0.29, 0.717) is 11.9 Å². The lowest BCUT2D eigenvalue weighted by Gasteiger charge is -2.14. The maximum Gasteiger partial charge on any atom is 0.235 e. The summed E-state index contributed by atoms with van der Waals surface area (Å²) in [5, 5.41) is 21.2. The monoisotopic (exact) mass is 1370 g/mol. The number of hydrogen-bond donors (Lipinski definition) is 0. The molecule has 0 unspecified atom stereocenters. The second-order valence-electron chi connectivity index (χ2n) is 27.9. The van der Waals surface area contributed by atoms with Gasteiger partial charge in [0.2, 0.25) is 11.9 Å². The van der Waals surface area contributed by atoms with Crippen molar-refractivity contribution in [3.05, 3.63) is 376 Å². The van der Waals surface area contributed by atoms with Crippen LogP contribution in [-0.2, 0) is 0 Å². The highest BCUT2D eigenvalue weighted by Gasteiger charge is 2.27. The average molecular weight is 1380 g/mol. The summed E-state index contributed by atoms with van der Waals surface area (Å²) in [5.41, 5.74) is 19.1. The van der Waals surface area contributed by atoms with Crippen LogP contribution in [0, 0.1) is 0 Å².